The molecule has 2 aromatic carbocycles. The highest BCUT2D eigenvalue weighted by Crippen LogP contribution is 2.30. The molecule has 0 fully saturated rings. The molecule has 0 aromatic heterocycles. The Morgan fingerprint density at radius 3 is 2.64 bits per heavy atom. The van der Waals surface area contributed by atoms with Gasteiger partial charge in [-0.15, -0.1) is 0 Å². The van der Waals surface area contributed by atoms with Gasteiger partial charge in [0.25, 0.3) is 10.0 Å². The summed E-state index contributed by atoms with van der Waals surface area (Å²) in [6, 6.07) is 10.0. The van der Waals surface area contributed by atoms with Gasteiger partial charge in [-0.2, -0.15) is 0 Å². The number of fused-ring (bicyclic) bond motifs is 1. The second-order valence-electron chi connectivity index (χ2n) is 5.30. The normalized spacial score (nSPS) is 17.0. The third-order valence-electron chi connectivity index (χ3n) is 3.49. The Hall–Kier alpha value is -1.43. The molecule has 3 rings (SSSR count). The number of sulfonamides is 1. The van der Waals surface area contributed by atoms with Crippen LogP contribution in [0.4, 0.5) is 11.4 Å². The molecule has 2 aromatic rings. The molecular weight excluding hydrogens is 343 g/mol. The van der Waals surface area contributed by atoms with Crippen molar-refractivity contribution in [2.24, 2.45) is 0 Å². The molecule has 1 unspecified atom stereocenters. The van der Waals surface area contributed by atoms with Gasteiger partial charge in [0.1, 0.15) is 0 Å². The van der Waals surface area contributed by atoms with E-state index in [1.54, 1.807) is 30.3 Å². The number of hydrogen-bond donors (Lipinski definition) is 2. The summed E-state index contributed by atoms with van der Waals surface area (Å²) in [4.78, 5) is 0.230. The maximum Gasteiger partial charge on any atom is 0.261 e. The third kappa shape index (κ3) is 3.02. The highest BCUT2D eigenvalue weighted by molar-refractivity contribution is 7.92. The summed E-state index contributed by atoms with van der Waals surface area (Å²) in [5, 5.41) is 3.97. The molecule has 2 N–H and O–H groups in total. The lowest BCUT2D eigenvalue weighted by Crippen LogP contribution is -2.13. The topological polar surface area (TPSA) is 58.2 Å². The van der Waals surface area contributed by atoms with E-state index in [9.17, 15) is 8.42 Å². The molecule has 0 amide bonds. The van der Waals surface area contributed by atoms with E-state index in [1.807, 2.05) is 0 Å². The molecule has 116 valence electrons. The number of nitrogens with one attached hydrogen (secondary N) is 2. The van der Waals surface area contributed by atoms with Crippen LogP contribution in [0.5, 0.6) is 0 Å². The van der Waals surface area contributed by atoms with Gasteiger partial charge in [0.2, 0.25) is 0 Å². The lowest BCUT2D eigenvalue weighted by atomic mass is 10.1. The molecule has 0 aliphatic carbocycles. The Labute approximate surface area is 139 Å². The van der Waals surface area contributed by atoms with Gasteiger partial charge in [-0.25, -0.2) is 8.42 Å². The third-order valence-corrected chi connectivity index (χ3v) is 5.60. The lowest BCUT2D eigenvalue weighted by Gasteiger charge is -2.10. The fraction of sp³-hybridized carbons (Fsp3) is 0.200. The molecule has 0 saturated heterocycles. The molecule has 1 heterocycles. The first kappa shape index (κ1) is 15.5. The molecule has 0 radical (unpaired) electrons. The van der Waals surface area contributed by atoms with Gasteiger partial charge in [-0.3, -0.25) is 4.72 Å². The second kappa shape index (κ2) is 5.65. The van der Waals surface area contributed by atoms with Gasteiger partial charge in [-0.1, -0.05) is 23.2 Å². The van der Waals surface area contributed by atoms with E-state index >= 15 is 0 Å². The van der Waals surface area contributed by atoms with Crippen molar-refractivity contribution < 1.29 is 8.42 Å². The first-order valence-corrected chi connectivity index (χ1v) is 8.96. The van der Waals surface area contributed by atoms with Crippen molar-refractivity contribution in [1.29, 1.82) is 0 Å². The summed E-state index contributed by atoms with van der Waals surface area (Å²) in [6.45, 7) is 2.06. The zero-order chi connectivity index (χ0) is 15.9. The SMILES string of the molecule is CC1Cc2cc(S(=O)(=O)Nc3ccc(Cl)c(Cl)c3)ccc2N1. The number of halogens is 2. The summed E-state index contributed by atoms with van der Waals surface area (Å²) in [5.41, 5.74) is 2.37. The highest BCUT2D eigenvalue weighted by Gasteiger charge is 2.21. The Balaban J connectivity index is 1.90. The molecule has 7 heteroatoms. The first-order chi connectivity index (χ1) is 10.3. The Bertz CT molecular complexity index is 837. The molecule has 4 nitrogen and oxygen atoms in total. The zero-order valence-corrected chi connectivity index (χ0v) is 14.1. The van der Waals surface area contributed by atoms with E-state index in [4.69, 9.17) is 23.2 Å². The lowest BCUT2D eigenvalue weighted by molar-refractivity contribution is 0.601. The van der Waals surface area contributed by atoms with Crippen LogP contribution in [0, 0.1) is 0 Å². The van der Waals surface area contributed by atoms with Crippen molar-refractivity contribution in [2.75, 3.05) is 10.0 Å². The Morgan fingerprint density at radius 2 is 1.91 bits per heavy atom. The van der Waals surface area contributed by atoms with Crippen LogP contribution >= 0.6 is 23.2 Å². The van der Waals surface area contributed by atoms with Crippen LogP contribution in [0.1, 0.15) is 12.5 Å². The summed E-state index contributed by atoms with van der Waals surface area (Å²) >= 11 is 11.7. The Kier molecular flexibility index (Phi) is 3.97. The number of rotatable bonds is 3. The van der Waals surface area contributed by atoms with Gasteiger partial charge >= 0.3 is 0 Å². The second-order valence-corrected chi connectivity index (χ2v) is 7.80. The average molecular weight is 357 g/mol. The summed E-state index contributed by atoms with van der Waals surface area (Å²) < 4.78 is 27.5. The van der Waals surface area contributed by atoms with Crippen molar-refractivity contribution in [3.8, 4) is 0 Å². The minimum atomic E-state index is -3.66. The summed E-state index contributed by atoms with van der Waals surface area (Å²) in [7, 11) is -3.66. The maximum atomic E-state index is 12.5. The van der Waals surface area contributed by atoms with Crippen molar-refractivity contribution in [1.82, 2.24) is 0 Å². The van der Waals surface area contributed by atoms with Crippen LogP contribution in [0.25, 0.3) is 0 Å². The van der Waals surface area contributed by atoms with Gasteiger partial charge < -0.3 is 5.32 Å². The summed E-state index contributed by atoms with van der Waals surface area (Å²) in [5.74, 6) is 0. The monoisotopic (exact) mass is 356 g/mol. The van der Waals surface area contributed by atoms with Crippen LogP contribution in [0.15, 0.2) is 41.3 Å². The quantitative estimate of drug-likeness (QED) is 0.868. The number of benzene rings is 2. The molecule has 1 aliphatic rings. The van der Waals surface area contributed by atoms with E-state index in [2.05, 4.69) is 17.0 Å². The van der Waals surface area contributed by atoms with E-state index in [0.29, 0.717) is 21.8 Å². The van der Waals surface area contributed by atoms with E-state index in [0.717, 1.165) is 17.7 Å². The standard InChI is InChI=1S/C15H14Cl2N2O2S/c1-9-6-10-7-12(3-5-15(10)18-9)22(20,21)19-11-2-4-13(16)14(17)8-11/h2-5,7-9,18-19H,6H2,1H3. The first-order valence-electron chi connectivity index (χ1n) is 6.72. The fourth-order valence-corrected chi connectivity index (χ4v) is 3.86. The molecular formula is C15H14Cl2N2O2S. The van der Waals surface area contributed by atoms with Crippen LogP contribution in [-0.2, 0) is 16.4 Å². The van der Waals surface area contributed by atoms with Crippen molar-refractivity contribution in [3.05, 3.63) is 52.0 Å². The number of anilines is 2. The van der Waals surface area contributed by atoms with Gasteiger partial charge in [-0.05, 0) is 55.3 Å². The van der Waals surface area contributed by atoms with E-state index in [-0.39, 0.29) is 4.90 Å². The molecule has 0 bridgehead atoms. The molecule has 1 atom stereocenters. The van der Waals surface area contributed by atoms with Crippen LogP contribution in [-0.4, -0.2) is 14.5 Å². The molecule has 1 aliphatic heterocycles. The maximum absolute atomic E-state index is 12.5. The van der Waals surface area contributed by atoms with E-state index in [1.165, 1.54) is 6.07 Å². The van der Waals surface area contributed by atoms with Gasteiger partial charge in [0.05, 0.1) is 20.6 Å². The fourth-order valence-electron chi connectivity index (χ4n) is 2.47. The smallest absolute Gasteiger partial charge is 0.261 e. The minimum absolute atomic E-state index is 0.230. The predicted octanol–water partition coefficient (Wildman–Crippen LogP) is 4.15. The Morgan fingerprint density at radius 1 is 1.14 bits per heavy atom. The highest BCUT2D eigenvalue weighted by atomic mass is 35.5. The molecule has 0 spiro atoms. The number of hydrogen-bond acceptors (Lipinski definition) is 3. The molecule has 0 saturated carbocycles. The van der Waals surface area contributed by atoms with Crippen molar-refractivity contribution >= 4 is 44.6 Å². The van der Waals surface area contributed by atoms with Crippen molar-refractivity contribution in [3.63, 3.8) is 0 Å². The van der Waals surface area contributed by atoms with Gasteiger partial charge in [0.15, 0.2) is 0 Å². The predicted molar refractivity (Wildman–Crippen MR) is 90.5 cm³/mol. The van der Waals surface area contributed by atoms with Gasteiger partial charge in [0, 0.05) is 11.7 Å². The average Bonchev–Trinajstić information content (AvgIpc) is 2.81. The van der Waals surface area contributed by atoms with Crippen LogP contribution in [0.3, 0.4) is 0 Å². The summed E-state index contributed by atoms with van der Waals surface area (Å²) in [6.07, 6.45) is 0.811. The van der Waals surface area contributed by atoms with Crippen LogP contribution in [0.2, 0.25) is 10.0 Å². The van der Waals surface area contributed by atoms with Crippen LogP contribution < -0.4 is 10.0 Å². The molecule has 22 heavy (non-hydrogen) atoms. The largest absolute Gasteiger partial charge is 0.382 e. The minimum Gasteiger partial charge on any atom is -0.382 e. The van der Waals surface area contributed by atoms with E-state index < -0.39 is 10.0 Å². The zero-order valence-electron chi connectivity index (χ0n) is 11.7. The van der Waals surface area contributed by atoms with Crippen molar-refractivity contribution in [2.45, 2.75) is 24.3 Å².